The first-order chi connectivity index (χ1) is 11.3. The maximum absolute atomic E-state index is 12.8. The van der Waals surface area contributed by atoms with Gasteiger partial charge in [0.05, 0.1) is 11.3 Å². The minimum Gasteiger partial charge on any atom is -0.322 e. The van der Waals surface area contributed by atoms with Crippen molar-refractivity contribution >= 4 is 23.2 Å². The first kappa shape index (κ1) is 17.0. The maximum atomic E-state index is 12.8. The second kappa shape index (κ2) is 5.92. The number of halogens is 1. The number of aryl methyl sites for hydroxylation is 2. The summed E-state index contributed by atoms with van der Waals surface area (Å²) in [7, 11) is 1.75. The van der Waals surface area contributed by atoms with Crippen LogP contribution in [0.25, 0.3) is 0 Å². The van der Waals surface area contributed by atoms with Crippen LogP contribution in [0.2, 0.25) is 5.15 Å². The highest BCUT2D eigenvalue weighted by molar-refractivity contribution is 6.33. The summed E-state index contributed by atoms with van der Waals surface area (Å²) in [5.41, 5.74) is 4.79. The summed E-state index contributed by atoms with van der Waals surface area (Å²) in [6.45, 7) is 8.71. The maximum Gasteiger partial charge on any atom is 0.260 e. The van der Waals surface area contributed by atoms with Crippen LogP contribution < -0.4 is 5.32 Å². The Bertz CT molecular complexity index is 807. The summed E-state index contributed by atoms with van der Waals surface area (Å²) in [4.78, 5) is 12.8. The molecule has 5 heteroatoms. The third kappa shape index (κ3) is 2.63. The summed E-state index contributed by atoms with van der Waals surface area (Å²) in [6, 6.07) is 6.16. The van der Waals surface area contributed by atoms with Crippen molar-refractivity contribution in [2.75, 3.05) is 5.32 Å². The summed E-state index contributed by atoms with van der Waals surface area (Å²) in [6.07, 6.45) is 1.75. The Morgan fingerprint density at radius 1 is 1.46 bits per heavy atom. The highest BCUT2D eigenvalue weighted by Crippen LogP contribution is 2.48. The van der Waals surface area contributed by atoms with E-state index in [1.165, 1.54) is 11.1 Å². The van der Waals surface area contributed by atoms with Gasteiger partial charge >= 0.3 is 0 Å². The number of hydrogen-bond donors (Lipinski definition) is 1. The lowest BCUT2D eigenvalue weighted by atomic mass is 9.86. The van der Waals surface area contributed by atoms with Gasteiger partial charge in [-0.2, -0.15) is 5.10 Å². The van der Waals surface area contributed by atoms with Crippen molar-refractivity contribution in [1.82, 2.24) is 9.78 Å². The molecule has 1 N–H and O–H groups in total. The average Bonchev–Trinajstić information content (AvgIpc) is 2.93. The highest BCUT2D eigenvalue weighted by atomic mass is 35.5. The van der Waals surface area contributed by atoms with Gasteiger partial charge in [0.1, 0.15) is 5.15 Å². The van der Waals surface area contributed by atoms with Crippen molar-refractivity contribution in [3.8, 4) is 0 Å². The highest BCUT2D eigenvalue weighted by Gasteiger charge is 2.36. The van der Waals surface area contributed by atoms with Gasteiger partial charge in [-0.25, -0.2) is 0 Å². The fraction of sp³-hybridized carbons (Fsp3) is 0.474. The first-order valence-corrected chi connectivity index (χ1v) is 8.80. The summed E-state index contributed by atoms with van der Waals surface area (Å²) < 4.78 is 1.55. The van der Waals surface area contributed by atoms with Crippen LogP contribution in [0.3, 0.4) is 0 Å². The van der Waals surface area contributed by atoms with Gasteiger partial charge in [0.25, 0.3) is 5.91 Å². The van der Waals surface area contributed by atoms with E-state index in [1.54, 1.807) is 11.7 Å². The summed E-state index contributed by atoms with van der Waals surface area (Å²) in [5, 5.41) is 7.78. The number of rotatable bonds is 3. The lowest BCUT2D eigenvalue weighted by molar-refractivity contribution is 0.102. The van der Waals surface area contributed by atoms with E-state index in [-0.39, 0.29) is 11.3 Å². The molecule has 24 heavy (non-hydrogen) atoms. The molecular weight excluding hydrogens is 322 g/mol. The van der Waals surface area contributed by atoms with E-state index in [0.29, 0.717) is 23.1 Å². The predicted molar refractivity (Wildman–Crippen MR) is 98.0 cm³/mol. The molecule has 128 valence electrons. The molecule has 1 aromatic carbocycles. The van der Waals surface area contributed by atoms with Crippen molar-refractivity contribution in [2.24, 2.45) is 7.05 Å². The molecule has 1 aliphatic rings. The van der Waals surface area contributed by atoms with E-state index >= 15 is 0 Å². The van der Waals surface area contributed by atoms with Crippen LogP contribution in [-0.4, -0.2) is 15.7 Å². The molecule has 3 rings (SSSR count). The molecule has 0 fully saturated rings. The van der Waals surface area contributed by atoms with Gasteiger partial charge < -0.3 is 5.32 Å². The van der Waals surface area contributed by atoms with Gasteiger partial charge in [0.2, 0.25) is 0 Å². The lowest BCUT2D eigenvalue weighted by Crippen LogP contribution is -2.16. The fourth-order valence-corrected chi connectivity index (χ4v) is 4.22. The molecule has 1 atom stereocenters. The van der Waals surface area contributed by atoms with Gasteiger partial charge in [-0.3, -0.25) is 9.48 Å². The second-order valence-corrected chi connectivity index (χ2v) is 7.66. The Kier molecular flexibility index (Phi) is 4.20. The molecule has 0 radical (unpaired) electrons. The summed E-state index contributed by atoms with van der Waals surface area (Å²) >= 11 is 6.28. The van der Waals surface area contributed by atoms with Crippen LogP contribution >= 0.6 is 11.6 Å². The zero-order valence-electron chi connectivity index (χ0n) is 14.9. The number of nitrogens with one attached hydrogen (secondary N) is 1. The minimum absolute atomic E-state index is 0.135. The molecule has 1 aliphatic carbocycles. The third-order valence-corrected chi connectivity index (χ3v) is 5.44. The number of aromatic nitrogens is 2. The molecule has 0 bridgehead atoms. The van der Waals surface area contributed by atoms with E-state index in [2.05, 4.69) is 37.3 Å². The van der Waals surface area contributed by atoms with Crippen LogP contribution in [0, 0.1) is 0 Å². The Morgan fingerprint density at radius 2 is 2.17 bits per heavy atom. The van der Waals surface area contributed by atoms with E-state index in [0.717, 1.165) is 17.8 Å². The number of amides is 1. The Balaban J connectivity index is 1.99. The van der Waals surface area contributed by atoms with Crippen LogP contribution in [0.5, 0.6) is 0 Å². The first-order valence-electron chi connectivity index (χ1n) is 8.42. The smallest absolute Gasteiger partial charge is 0.260 e. The zero-order valence-corrected chi connectivity index (χ0v) is 15.7. The summed E-state index contributed by atoms with van der Waals surface area (Å²) in [5.74, 6) is 0.233. The standard InChI is InChI=1S/C19H24ClN3O/c1-6-13-16(17(20)23(5)22-13)18(24)21-14-9-7-8-12-15(14)11(2)10-19(12,3)4/h7-9,11H,6,10H2,1-5H3,(H,21,24). The monoisotopic (exact) mass is 345 g/mol. The predicted octanol–water partition coefficient (Wildman–Crippen LogP) is 4.67. The van der Waals surface area contributed by atoms with Gasteiger partial charge in [-0.15, -0.1) is 0 Å². The Labute approximate surface area is 148 Å². The number of carbonyl (C=O) groups excluding carboxylic acids is 1. The fourth-order valence-electron chi connectivity index (χ4n) is 3.99. The number of carbonyl (C=O) groups is 1. The van der Waals surface area contributed by atoms with Gasteiger partial charge in [-0.1, -0.05) is 51.4 Å². The van der Waals surface area contributed by atoms with Gasteiger partial charge in [-0.05, 0) is 41.4 Å². The Morgan fingerprint density at radius 3 is 2.83 bits per heavy atom. The molecule has 0 saturated carbocycles. The largest absolute Gasteiger partial charge is 0.322 e. The molecule has 2 aromatic rings. The molecule has 1 heterocycles. The van der Waals surface area contributed by atoms with Gasteiger partial charge in [0.15, 0.2) is 0 Å². The molecule has 4 nitrogen and oxygen atoms in total. The number of benzene rings is 1. The van der Waals surface area contributed by atoms with Crippen molar-refractivity contribution < 1.29 is 4.79 Å². The van der Waals surface area contributed by atoms with E-state index < -0.39 is 0 Å². The molecular formula is C19H24ClN3O. The van der Waals surface area contributed by atoms with Gasteiger partial charge in [0, 0.05) is 12.7 Å². The quantitative estimate of drug-likeness (QED) is 0.878. The molecule has 0 aliphatic heterocycles. The Hall–Kier alpha value is -1.81. The minimum atomic E-state index is -0.185. The van der Waals surface area contributed by atoms with E-state index in [1.807, 2.05) is 19.1 Å². The zero-order chi connectivity index (χ0) is 17.6. The van der Waals surface area contributed by atoms with E-state index in [9.17, 15) is 4.79 Å². The number of nitrogens with zero attached hydrogens (tertiary/aromatic N) is 2. The number of hydrogen-bond acceptors (Lipinski definition) is 2. The van der Waals surface area contributed by atoms with Crippen molar-refractivity contribution in [3.63, 3.8) is 0 Å². The average molecular weight is 346 g/mol. The van der Waals surface area contributed by atoms with Crippen molar-refractivity contribution in [1.29, 1.82) is 0 Å². The molecule has 0 saturated heterocycles. The second-order valence-electron chi connectivity index (χ2n) is 7.30. The third-order valence-electron chi connectivity index (χ3n) is 5.00. The number of fused-ring (bicyclic) bond motifs is 1. The molecule has 1 aromatic heterocycles. The van der Waals surface area contributed by atoms with Crippen LogP contribution in [-0.2, 0) is 18.9 Å². The normalized spacial score (nSPS) is 18.5. The lowest BCUT2D eigenvalue weighted by Gasteiger charge is -2.19. The molecule has 1 unspecified atom stereocenters. The SMILES string of the molecule is CCc1nn(C)c(Cl)c1C(=O)Nc1cccc2c1C(C)CC2(C)C. The number of anilines is 1. The van der Waals surface area contributed by atoms with Crippen molar-refractivity contribution in [2.45, 2.75) is 51.9 Å². The molecule has 0 spiro atoms. The van der Waals surface area contributed by atoms with Crippen LogP contribution in [0.4, 0.5) is 5.69 Å². The molecule has 1 amide bonds. The van der Waals surface area contributed by atoms with Crippen LogP contribution in [0.1, 0.15) is 67.2 Å². The van der Waals surface area contributed by atoms with Crippen LogP contribution in [0.15, 0.2) is 18.2 Å². The van der Waals surface area contributed by atoms with Crippen molar-refractivity contribution in [3.05, 3.63) is 45.7 Å². The van der Waals surface area contributed by atoms with E-state index in [4.69, 9.17) is 11.6 Å². The topological polar surface area (TPSA) is 46.9 Å².